The van der Waals surface area contributed by atoms with Crippen molar-refractivity contribution >= 4 is 5.97 Å². The zero-order chi connectivity index (χ0) is 29.0. The zero-order valence-corrected chi connectivity index (χ0v) is 26.5. The summed E-state index contributed by atoms with van der Waals surface area (Å²) < 4.78 is 0. The van der Waals surface area contributed by atoms with Gasteiger partial charge in [-0.05, 0) is 142 Å². The van der Waals surface area contributed by atoms with Crippen LogP contribution in [0.25, 0.3) is 0 Å². The molecule has 2 radical (unpaired) electrons. The van der Waals surface area contributed by atoms with E-state index < -0.39 is 22.4 Å². The molecule has 0 heterocycles. The van der Waals surface area contributed by atoms with Gasteiger partial charge in [-0.1, -0.05) is 60.6 Å². The summed E-state index contributed by atoms with van der Waals surface area (Å²) in [6.07, 6.45) is 11.7. The molecule has 5 fully saturated rings. The van der Waals surface area contributed by atoms with Crippen molar-refractivity contribution in [3.8, 4) is 0 Å². The monoisotopic (exact) mass is 538 g/mol. The van der Waals surface area contributed by atoms with Crippen LogP contribution in [0, 0.1) is 69.0 Å². The maximum atomic E-state index is 12.9. The van der Waals surface area contributed by atoms with Crippen LogP contribution in [0.3, 0.4) is 0 Å². The second-order valence-electron chi connectivity index (χ2n) is 16.6. The van der Waals surface area contributed by atoms with Gasteiger partial charge < -0.3 is 10.2 Å². The predicted octanol–water partition coefficient (Wildman–Crippen LogP) is 8.98. The topological polar surface area (TPSA) is 57.5 Å². The lowest BCUT2D eigenvalue weighted by Gasteiger charge is -2.74. The maximum absolute atomic E-state index is 12.9. The van der Waals surface area contributed by atoms with Crippen LogP contribution < -0.4 is 0 Å². The van der Waals surface area contributed by atoms with Crippen molar-refractivity contribution < 1.29 is 15.0 Å². The van der Waals surface area contributed by atoms with Crippen LogP contribution in [0.4, 0.5) is 0 Å². The third-order valence-corrected chi connectivity index (χ3v) is 15.8. The number of carboxylic acid groups (broad SMARTS) is 1. The van der Waals surface area contributed by atoms with E-state index in [0.29, 0.717) is 23.7 Å². The molecule has 10 atom stereocenters. The van der Waals surface area contributed by atoms with Gasteiger partial charge in [-0.3, -0.25) is 4.79 Å². The molecule has 0 amide bonds. The van der Waals surface area contributed by atoms with Crippen LogP contribution in [0.5, 0.6) is 0 Å². The molecule has 0 saturated heterocycles. The highest BCUT2D eigenvalue weighted by molar-refractivity contribution is 5.76. The summed E-state index contributed by atoms with van der Waals surface area (Å²) in [5, 5.41) is 23.1. The quantitative estimate of drug-likeness (QED) is 0.343. The van der Waals surface area contributed by atoms with Gasteiger partial charge in [0.05, 0.1) is 11.0 Å². The Kier molecular flexibility index (Phi) is 6.72. The molecule has 5 rings (SSSR count). The predicted molar refractivity (Wildman–Crippen MR) is 159 cm³/mol. The van der Waals surface area contributed by atoms with Crippen molar-refractivity contribution in [3.05, 3.63) is 19.1 Å². The third kappa shape index (κ3) is 3.35. The summed E-state index contributed by atoms with van der Waals surface area (Å²) in [5.74, 6) is 1.47. The minimum Gasteiger partial charge on any atom is -0.481 e. The molecule has 2 N–H and O–H groups in total. The number of allylic oxidation sites excluding steroid dienone is 1. The number of hydrogen-bond acceptors (Lipinski definition) is 2. The molecule has 0 aromatic heterocycles. The van der Waals surface area contributed by atoms with Crippen LogP contribution >= 0.6 is 0 Å². The van der Waals surface area contributed by atoms with Crippen molar-refractivity contribution in [2.45, 2.75) is 138 Å². The SMILES string of the molecule is [CH]C(CC)(CC)[C@]1(O)CC[C@@]2(C)C(CC[C@]3(C)C2CCC2C4[C@H](C(=C)C)CC[C@]4(C(=O)O)CC[C@]23C)C1(C)C. The number of fused-ring (bicyclic) bond motifs is 7. The fourth-order valence-electron chi connectivity index (χ4n) is 13.2. The Labute approximate surface area is 240 Å². The standard InChI is InChI=1S/C36H58O3/c1-11-31(7,12-2)36(39)22-19-32(8)26(30(36,5)6)16-17-34(10)27(32)14-13-25-28-24(23(3)4)15-18-35(28,29(37)38)21-20-33(25,34)9/h7,24-28,39H,3,11-22H2,1-2,4-6,8-10H3,(H,37,38)/t24-,25?,26?,27?,28?,32-,33+,34+,35-,36-/m0/s1. The molecular formula is C36H58O3. The second-order valence-corrected chi connectivity index (χ2v) is 16.6. The Morgan fingerprint density at radius 1 is 0.872 bits per heavy atom. The van der Waals surface area contributed by atoms with Gasteiger partial charge >= 0.3 is 5.97 Å². The van der Waals surface area contributed by atoms with Gasteiger partial charge in [0.1, 0.15) is 0 Å². The lowest BCUT2D eigenvalue weighted by Crippen LogP contribution is -2.70. The van der Waals surface area contributed by atoms with E-state index in [1.807, 2.05) is 0 Å². The van der Waals surface area contributed by atoms with E-state index in [9.17, 15) is 15.0 Å². The number of carbonyl (C=O) groups is 1. The molecule has 220 valence electrons. The van der Waals surface area contributed by atoms with Gasteiger partial charge in [0.2, 0.25) is 0 Å². The first-order chi connectivity index (χ1) is 18.0. The Balaban J connectivity index is 1.54. The molecule has 0 aliphatic heterocycles. The van der Waals surface area contributed by atoms with Crippen LogP contribution in [-0.4, -0.2) is 21.8 Å². The van der Waals surface area contributed by atoms with Crippen molar-refractivity contribution in [2.24, 2.45) is 62.1 Å². The molecule has 3 heteroatoms. The smallest absolute Gasteiger partial charge is 0.309 e. The van der Waals surface area contributed by atoms with Crippen LogP contribution in [0.1, 0.15) is 132 Å². The van der Waals surface area contributed by atoms with Crippen LogP contribution in [0.2, 0.25) is 0 Å². The highest BCUT2D eigenvalue weighted by Crippen LogP contribution is 2.78. The van der Waals surface area contributed by atoms with Gasteiger partial charge in [0.15, 0.2) is 0 Å². The lowest BCUT2D eigenvalue weighted by atomic mass is 9.31. The molecule has 5 aliphatic rings. The van der Waals surface area contributed by atoms with Gasteiger partial charge in [0.25, 0.3) is 0 Å². The van der Waals surface area contributed by atoms with E-state index in [4.69, 9.17) is 6.92 Å². The Hall–Kier alpha value is -0.830. The molecule has 5 aliphatic carbocycles. The summed E-state index contributed by atoms with van der Waals surface area (Å²) in [7, 11) is 0. The number of rotatable bonds is 5. The van der Waals surface area contributed by atoms with E-state index in [-0.39, 0.29) is 27.6 Å². The molecule has 0 aromatic carbocycles. The van der Waals surface area contributed by atoms with E-state index >= 15 is 0 Å². The second kappa shape index (κ2) is 8.84. The first-order valence-corrected chi connectivity index (χ1v) is 16.4. The van der Waals surface area contributed by atoms with Crippen molar-refractivity contribution in [3.63, 3.8) is 0 Å². The minimum atomic E-state index is -0.868. The first kappa shape index (κ1) is 29.7. The van der Waals surface area contributed by atoms with Gasteiger partial charge in [-0.15, -0.1) is 0 Å². The zero-order valence-electron chi connectivity index (χ0n) is 26.5. The number of aliphatic carboxylic acids is 1. The van der Waals surface area contributed by atoms with Crippen molar-refractivity contribution in [1.82, 2.24) is 0 Å². The molecule has 0 aromatic rings. The van der Waals surface area contributed by atoms with E-state index in [1.165, 1.54) is 18.4 Å². The average molecular weight is 539 g/mol. The Morgan fingerprint density at radius 3 is 2.08 bits per heavy atom. The van der Waals surface area contributed by atoms with E-state index in [0.717, 1.165) is 64.2 Å². The number of hydrogen-bond donors (Lipinski definition) is 2. The number of aliphatic hydroxyl groups is 1. The van der Waals surface area contributed by atoms with Gasteiger partial charge in [0, 0.05) is 5.41 Å². The normalized spacial score (nSPS) is 50.8. The van der Waals surface area contributed by atoms with Crippen molar-refractivity contribution in [2.75, 3.05) is 0 Å². The summed E-state index contributed by atoms with van der Waals surface area (Å²) in [6, 6.07) is 0. The minimum absolute atomic E-state index is 0.133. The van der Waals surface area contributed by atoms with E-state index in [1.54, 1.807) is 0 Å². The fraction of sp³-hybridized carbons (Fsp3) is 0.889. The molecule has 3 nitrogen and oxygen atoms in total. The van der Waals surface area contributed by atoms with Crippen LogP contribution in [-0.2, 0) is 4.79 Å². The van der Waals surface area contributed by atoms with Gasteiger partial charge in [-0.25, -0.2) is 0 Å². The maximum Gasteiger partial charge on any atom is 0.309 e. The average Bonchev–Trinajstić information content (AvgIpc) is 3.28. The Bertz CT molecular complexity index is 1020. The van der Waals surface area contributed by atoms with Crippen LogP contribution in [0.15, 0.2) is 12.2 Å². The van der Waals surface area contributed by atoms with Gasteiger partial charge in [-0.2, -0.15) is 0 Å². The summed E-state index contributed by atoms with van der Waals surface area (Å²) >= 11 is 0. The lowest BCUT2D eigenvalue weighted by molar-refractivity contribution is -0.282. The van der Waals surface area contributed by atoms with Crippen molar-refractivity contribution in [1.29, 1.82) is 0 Å². The molecule has 4 unspecified atom stereocenters. The summed E-state index contributed by atoms with van der Waals surface area (Å²) in [4.78, 5) is 12.9. The summed E-state index contributed by atoms with van der Waals surface area (Å²) in [6.45, 7) is 30.2. The molecule has 5 saturated carbocycles. The first-order valence-electron chi connectivity index (χ1n) is 16.4. The molecule has 0 spiro atoms. The molecular weight excluding hydrogens is 480 g/mol. The third-order valence-electron chi connectivity index (χ3n) is 15.8. The summed E-state index contributed by atoms with van der Waals surface area (Å²) in [5.41, 5.74) is -0.597. The highest BCUT2D eigenvalue weighted by atomic mass is 16.4. The molecule has 0 bridgehead atoms. The highest BCUT2D eigenvalue weighted by Gasteiger charge is 2.74. The largest absolute Gasteiger partial charge is 0.481 e. The van der Waals surface area contributed by atoms with E-state index in [2.05, 4.69) is 62.0 Å². The molecule has 39 heavy (non-hydrogen) atoms. The number of carboxylic acids is 1. The fourth-order valence-corrected chi connectivity index (χ4v) is 13.2. The Morgan fingerprint density at radius 2 is 1.51 bits per heavy atom.